The van der Waals surface area contributed by atoms with Crippen LogP contribution in [0.1, 0.15) is 41.6 Å². The van der Waals surface area contributed by atoms with Gasteiger partial charge in [-0.05, 0) is 30.5 Å². The lowest BCUT2D eigenvalue weighted by Gasteiger charge is -2.14. The van der Waals surface area contributed by atoms with E-state index in [0.717, 1.165) is 18.4 Å². The van der Waals surface area contributed by atoms with Gasteiger partial charge in [-0.25, -0.2) is 0 Å². The van der Waals surface area contributed by atoms with Gasteiger partial charge in [-0.3, -0.25) is 4.79 Å². The van der Waals surface area contributed by atoms with E-state index >= 15 is 0 Å². The first-order valence-corrected chi connectivity index (χ1v) is 13.3. The van der Waals surface area contributed by atoms with Gasteiger partial charge in [-0.15, -0.1) is 0 Å². The van der Waals surface area contributed by atoms with Crippen molar-refractivity contribution < 1.29 is 14.3 Å². The average molecular weight is 520 g/mol. The highest BCUT2D eigenvalue weighted by atomic mass is 16.5. The van der Waals surface area contributed by atoms with Gasteiger partial charge in [-0.1, -0.05) is 61.4 Å². The van der Waals surface area contributed by atoms with Crippen molar-refractivity contribution in [3.63, 3.8) is 0 Å². The van der Waals surface area contributed by atoms with Gasteiger partial charge < -0.3 is 30.7 Å². The third kappa shape index (κ3) is 9.60. The summed E-state index contributed by atoms with van der Waals surface area (Å²) >= 11 is 0. The van der Waals surface area contributed by atoms with E-state index in [-0.39, 0.29) is 5.91 Å². The van der Waals surface area contributed by atoms with Crippen LogP contribution in [0.3, 0.4) is 0 Å². The number of rotatable bonds is 16. The Morgan fingerprint density at radius 2 is 1.34 bits per heavy atom. The number of carbonyl (C=O) groups is 1. The maximum Gasteiger partial charge on any atom is 0.251 e. The van der Waals surface area contributed by atoms with Gasteiger partial charge in [0.2, 0.25) is 17.8 Å². The third-order valence-electron chi connectivity index (χ3n) is 6.09. The standard InChI is InChI=1S/C28H37N7O3/c36-25(23-11-5-2-6-12-23)29-15-17-37-19-20-38-18-16-30-26-33-27(31-21-22-9-3-1-4-10-22)35-28(34-26)32-24-13-7-8-14-24/h1-6,9-12,24H,7-8,13-21H2,(H,29,36)(H3,30,31,32,33,34,35). The second-order valence-corrected chi connectivity index (χ2v) is 9.04. The number of hydrogen-bond acceptors (Lipinski definition) is 9. The molecule has 1 fully saturated rings. The van der Waals surface area contributed by atoms with E-state index in [1.807, 2.05) is 36.4 Å². The van der Waals surface area contributed by atoms with Crippen molar-refractivity contribution in [3.05, 3.63) is 71.8 Å². The van der Waals surface area contributed by atoms with Crippen molar-refractivity contribution in [2.24, 2.45) is 0 Å². The van der Waals surface area contributed by atoms with Gasteiger partial charge in [-0.2, -0.15) is 15.0 Å². The SMILES string of the molecule is O=C(NCCOCCOCCNc1nc(NCc2ccccc2)nc(NC2CCCC2)n1)c1ccccc1. The van der Waals surface area contributed by atoms with Crippen LogP contribution in [0.2, 0.25) is 0 Å². The fourth-order valence-electron chi connectivity index (χ4n) is 4.11. The predicted octanol–water partition coefficient (Wildman–Crippen LogP) is 3.71. The van der Waals surface area contributed by atoms with Gasteiger partial charge in [0.25, 0.3) is 5.91 Å². The molecule has 1 amide bonds. The van der Waals surface area contributed by atoms with Crippen molar-refractivity contribution in [2.45, 2.75) is 38.3 Å². The molecular formula is C28H37N7O3. The molecule has 4 N–H and O–H groups in total. The fourth-order valence-corrected chi connectivity index (χ4v) is 4.11. The van der Waals surface area contributed by atoms with Crippen LogP contribution in [-0.2, 0) is 16.0 Å². The second kappa shape index (κ2) is 15.5. The molecule has 0 spiro atoms. The van der Waals surface area contributed by atoms with Crippen molar-refractivity contribution in [3.8, 4) is 0 Å². The molecule has 1 saturated carbocycles. The number of carbonyl (C=O) groups excluding carboxylic acids is 1. The summed E-state index contributed by atoms with van der Waals surface area (Å²) in [6, 6.07) is 19.7. The largest absolute Gasteiger partial charge is 0.377 e. The fraction of sp³-hybridized carbons (Fsp3) is 0.429. The van der Waals surface area contributed by atoms with Crippen molar-refractivity contribution in [2.75, 3.05) is 55.5 Å². The minimum absolute atomic E-state index is 0.102. The first-order valence-electron chi connectivity index (χ1n) is 13.3. The molecule has 2 aromatic carbocycles. The molecular weight excluding hydrogens is 482 g/mol. The molecule has 1 aromatic heterocycles. The molecule has 0 unspecified atom stereocenters. The molecule has 1 aliphatic rings. The highest BCUT2D eigenvalue weighted by Gasteiger charge is 2.17. The Morgan fingerprint density at radius 1 is 0.737 bits per heavy atom. The number of ether oxygens (including phenoxy) is 2. The van der Waals surface area contributed by atoms with Crippen LogP contribution in [0, 0.1) is 0 Å². The van der Waals surface area contributed by atoms with Gasteiger partial charge >= 0.3 is 0 Å². The Bertz CT molecular complexity index is 1100. The minimum Gasteiger partial charge on any atom is -0.377 e. The quantitative estimate of drug-likeness (QED) is 0.210. The predicted molar refractivity (Wildman–Crippen MR) is 148 cm³/mol. The molecule has 202 valence electrons. The molecule has 0 aliphatic heterocycles. The first-order chi connectivity index (χ1) is 18.8. The Labute approximate surface area is 224 Å². The molecule has 1 heterocycles. The molecule has 0 atom stereocenters. The lowest BCUT2D eigenvalue weighted by atomic mass is 10.2. The second-order valence-electron chi connectivity index (χ2n) is 9.04. The molecule has 1 aliphatic carbocycles. The van der Waals surface area contributed by atoms with E-state index < -0.39 is 0 Å². The summed E-state index contributed by atoms with van der Waals surface area (Å²) in [6.45, 7) is 3.47. The number of anilines is 3. The summed E-state index contributed by atoms with van der Waals surface area (Å²) in [6.07, 6.45) is 4.74. The molecule has 3 aromatic rings. The highest BCUT2D eigenvalue weighted by molar-refractivity contribution is 5.94. The summed E-state index contributed by atoms with van der Waals surface area (Å²) in [5, 5.41) is 12.8. The topological polar surface area (TPSA) is 122 Å². The Kier molecular flexibility index (Phi) is 11.1. The third-order valence-corrected chi connectivity index (χ3v) is 6.09. The zero-order chi connectivity index (χ0) is 26.3. The van der Waals surface area contributed by atoms with Crippen molar-refractivity contribution >= 4 is 23.8 Å². The summed E-state index contributed by atoms with van der Waals surface area (Å²) in [4.78, 5) is 25.6. The number of aromatic nitrogens is 3. The van der Waals surface area contributed by atoms with Gasteiger partial charge in [0.15, 0.2) is 0 Å². The number of amides is 1. The Hall–Kier alpha value is -3.76. The molecule has 0 bridgehead atoms. The van der Waals surface area contributed by atoms with Gasteiger partial charge in [0.1, 0.15) is 0 Å². The molecule has 0 saturated heterocycles. The Morgan fingerprint density at radius 3 is 2.05 bits per heavy atom. The van der Waals surface area contributed by atoms with E-state index in [1.165, 1.54) is 12.8 Å². The zero-order valence-corrected chi connectivity index (χ0v) is 21.7. The number of nitrogens with one attached hydrogen (secondary N) is 4. The van der Waals surface area contributed by atoms with E-state index in [0.29, 0.717) is 75.5 Å². The van der Waals surface area contributed by atoms with Gasteiger partial charge in [0, 0.05) is 31.2 Å². The number of benzene rings is 2. The first kappa shape index (κ1) is 27.3. The van der Waals surface area contributed by atoms with Gasteiger partial charge in [0.05, 0.1) is 26.4 Å². The van der Waals surface area contributed by atoms with E-state index in [4.69, 9.17) is 9.47 Å². The van der Waals surface area contributed by atoms with E-state index in [9.17, 15) is 4.79 Å². The normalized spacial score (nSPS) is 13.3. The minimum atomic E-state index is -0.102. The van der Waals surface area contributed by atoms with E-state index in [2.05, 4.69) is 48.4 Å². The summed E-state index contributed by atoms with van der Waals surface area (Å²) in [7, 11) is 0. The number of nitrogens with zero attached hydrogens (tertiary/aromatic N) is 3. The van der Waals surface area contributed by atoms with Crippen LogP contribution < -0.4 is 21.3 Å². The lowest BCUT2D eigenvalue weighted by molar-refractivity contribution is 0.0519. The van der Waals surface area contributed by atoms with E-state index in [1.54, 1.807) is 12.1 Å². The van der Waals surface area contributed by atoms with Crippen LogP contribution >= 0.6 is 0 Å². The van der Waals surface area contributed by atoms with Crippen LogP contribution in [0.4, 0.5) is 17.8 Å². The summed E-state index contributed by atoms with van der Waals surface area (Å²) in [5.41, 5.74) is 1.80. The lowest BCUT2D eigenvalue weighted by Crippen LogP contribution is -2.27. The number of hydrogen-bond donors (Lipinski definition) is 4. The monoisotopic (exact) mass is 519 g/mol. The van der Waals surface area contributed by atoms with Crippen LogP contribution in [0.15, 0.2) is 60.7 Å². The summed E-state index contributed by atoms with van der Waals surface area (Å²) in [5.74, 6) is 1.51. The maximum absolute atomic E-state index is 12.0. The molecule has 38 heavy (non-hydrogen) atoms. The molecule has 0 radical (unpaired) electrons. The molecule has 10 nitrogen and oxygen atoms in total. The molecule has 10 heteroatoms. The highest BCUT2D eigenvalue weighted by Crippen LogP contribution is 2.21. The van der Waals surface area contributed by atoms with Crippen LogP contribution in [-0.4, -0.2) is 66.4 Å². The maximum atomic E-state index is 12.0. The molecule has 4 rings (SSSR count). The smallest absolute Gasteiger partial charge is 0.251 e. The van der Waals surface area contributed by atoms with Crippen LogP contribution in [0.5, 0.6) is 0 Å². The van der Waals surface area contributed by atoms with Crippen molar-refractivity contribution in [1.82, 2.24) is 20.3 Å². The zero-order valence-electron chi connectivity index (χ0n) is 21.7. The Balaban J connectivity index is 1.13. The van der Waals surface area contributed by atoms with Crippen molar-refractivity contribution in [1.29, 1.82) is 0 Å². The van der Waals surface area contributed by atoms with Crippen LogP contribution in [0.25, 0.3) is 0 Å². The summed E-state index contributed by atoms with van der Waals surface area (Å²) < 4.78 is 11.2. The average Bonchev–Trinajstić information content (AvgIpc) is 3.47.